The maximum atomic E-state index is 12.4. The van der Waals surface area contributed by atoms with E-state index in [9.17, 15) is 9.59 Å². The molecule has 160 valence electrons. The number of hydrogen-bond donors (Lipinski definition) is 1. The Hall–Kier alpha value is -3.48. The number of carbonyl (C=O) groups is 2. The molecule has 0 aliphatic carbocycles. The molecule has 0 radical (unpaired) electrons. The highest BCUT2D eigenvalue weighted by atomic mass is 16.2. The van der Waals surface area contributed by atoms with Gasteiger partial charge in [0.25, 0.3) is 0 Å². The lowest BCUT2D eigenvalue weighted by atomic mass is 9.95. The lowest BCUT2D eigenvalue weighted by Gasteiger charge is -2.24. The summed E-state index contributed by atoms with van der Waals surface area (Å²) >= 11 is 0. The Morgan fingerprint density at radius 2 is 1.97 bits per heavy atom. The molecule has 0 bridgehead atoms. The lowest BCUT2D eigenvalue weighted by Crippen LogP contribution is -2.32. The summed E-state index contributed by atoms with van der Waals surface area (Å²) in [7, 11) is 1.82. The lowest BCUT2D eigenvalue weighted by molar-refractivity contribution is -0.127. The van der Waals surface area contributed by atoms with Gasteiger partial charge in [-0.15, -0.1) is 0 Å². The van der Waals surface area contributed by atoms with Crippen molar-refractivity contribution in [2.75, 3.05) is 13.6 Å². The highest BCUT2D eigenvalue weighted by molar-refractivity contribution is 5.80. The summed E-state index contributed by atoms with van der Waals surface area (Å²) in [4.78, 5) is 30.8. The maximum Gasteiger partial charge on any atom is 0.223 e. The molecule has 3 aromatic rings. The van der Waals surface area contributed by atoms with E-state index < -0.39 is 0 Å². The molecule has 2 atom stereocenters. The predicted octanol–water partition coefficient (Wildman–Crippen LogP) is 2.59. The first-order valence-corrected chi connectivity index (χ1v) is 10.6. The third-order valence-electron chi connectivity index (χ3n) is 5.77. The number of aromatic nitrogens is 3. The summed E-state index contributed by atoms with van der Waals surface area (Å²) in [6, 6.07) is 15.8. The highest BCUT2D eigenvalue weighted by Crippen LogP contribution is 2.36. The molecule has 1 aliphatic heterocycles. The minimum Gasteiger partial charge on any atom is -0.356 e. The van der Waals surface area contributed by atoms with Crippen molar-refractivity contribution in [1.29, 1.82) is 0 Å². The number of nitrogens with zero attached hydrogens (tertiary/aromatic N) is 4. The molecule has 2 amide bonds. The Bertz CT molecular complexity index is 1020. The van der Waals surface area contributed by atoms with Crippen LogP contribution in [0.4, 0.5) is 0 Å². The SMILES string of the molecule is CN1C(=O)C[C@@H](CNC(=O)CCc2ccccn2)[C@@H]1c1cnn(Cc2ccccc2)c1. The molecule has 1 saturated heterocycles. The van der Waals surface area contributed by atoms with Crippen molar-refractivity contribution in [3.8, 4) is 0 Å². The van der Waals surface area contributed by atoms with E-state index in [1.807, 2.05) is 60.5 Å². The highest BCUT2D eigenvalue weighted by Gasteiger charge is 2.39. The summed E-state index contributed by atoms with van der Waals surface area (Å²) in [5, 5.41) is 7.50. The van der Waals surface area contributed by atoms with Crippen LogP contribution >= 0.6 is 0 Å². The number of nitrogens with one attached hydrogen (secondary N) is 1. The number of carbonyl (C=O) groups excluding carboxylic acids is 2. The Balaban J connectivity index is 1.36. The van der Waals surface area contributed by atoms with Gasteiger partial charge < -0.3 is 10.2 Å². The molecule has 4 rings (SSSR count). The third-order valence-corrected chi connectivity index (χ3v) is 5.77. The van der Waals surface area contributed by atoms with Crippen molar-refractivity contribution >= 4 is 11.8 Å². The minimum atomic E-state index is -0.0897. The number of rotatable bonds is 8. The van der Waals surface area contributed by atoms with Gasteiger partial charge in [0, 0.05) is 56.0 Å². The molecule has 1 aliphatic rings. The van der Waals surface area contributed by atoms with Crippen LogP contribution < -0.4 is 5.32 Å². The smallest absolute Gasteiger partial charge is 0.223 e. The van der Waals surface area contributed by atoms with Gasteiger partial charge in [-0.2, -0.15) is 5.10 Å². The van der Waals surface area contributed by atoms with Crippen molar-refractivity contribution in [3.63, 3.8) is 0 Å². The Morgan fingerprint density at radius 1 is 1.16 bits per heavy atom. The van der Waals surface area contributed by atoms with Gasteiger partial charge in [-0.25, -0.2) is 0 Å². The first-order chi connectivity index (χ1) is 15.1. The molecule has 1 aromatic carbocycles. The number of likely N-dealkylation sites (tertiary alicyclic amines) is 1. The molecule has 0 saturated carbocycles. The van der Waals surface area contributed by atoms with Crippen LogP contribution in [0.15, 0.2) is 67.1 Å². The van der Waals surface area contributed by atoms with Crippen LogP contribution in [0.1, 0.15) is 35.7 Å². The van der Waals surface area contributed by atoms with E-state index >= 15 is 0 Å². The van der Waals surface area contributed by atoms with Crippen LogP contribution in [0.2, 0.25) is 0 Å². The number of hydrogen-bond acceptors (Lipinski definition) is 4. The molecule has 0 spiro atoms. The number of aryl methyl sites for hydroxylation is 1. The second kappa shape index (κ2) is 9.55. The van der Waals surface area contributed by atoms with E-state index in [4.69, 9.17) is 0 Å². The number of benzene rings is 1. The van der Waals surface area contributed by atoms with E-state index in [-0.39, 0.29) is 23.8 Å². The van der Waals surface area contributed by atoms with Crippen LogP contribution in [-0.4, -0.2) is 45.1 Å². The summed E-state index contributed by atoms with van der Waals surface area (Å²) < 4.78 is 1.89. The molecule has 31 heavy (non-hydrogen) atoms. The van der Waals surface area contributed by atoms with Crippen molar-refractivity contribution in [2.24, 2.45) is 5.92 Å². The summed E-state index contributed by atoms with van der Waals surface area (Å²) in [6.45, 7) is 1.14. The Labute approximate surface area is 182 Å². The van der Waals surface area contributed by atoms with Crippen LogP contribution in [0.3, 0.4) is 0 Å². The fourth-order valence-electron chi connectivity index (χ4n) is 4.14. The zero-order chi connectivity index (χ0) is 21.6. The van der Waals surface area contributed by atoms with Crippen molar-refractivity contribution in [3.05, 3.63) is 83.9 Å². The fourth-order valence-corrected chi connectivity index (χ4v) is 4.14. The zero-order valence-corrected chi connectivity index (χ0v) is 17.6. The van der Waals surface area contributed by atoms with Gasteiger partial charge in [0.2, 0.25) is 11.8 Å². The van der Waals surface area contributed by atoms with Gasteiger partial charge in [-0.1, -0.05) is 36.4 Å². The van der Waals surface area contributed by atoms with Gasteiger partial charge in [0.1, 0.15) is 0 Å². The number of pyridine rings is 1. The number of amides is 2. The van der Waals surface area contributed by atoms with Crippen LogP contribution in [0, 0.1) is 5.92 Å². The quantitative estimate of drug-likeness (QED) is 0.611. The third kappa shape index (κ3) is 5.17. The average Bonchev–Trinajstić information content (AvgIpc) is 3.36. The molecular formula is C24H27N5O2. The van der Waals surface area contributed by atoms with Gasteiger partial charge in [0.15, 0.2) is 0 Å². The maximum absolute atomic E-state index is 12.4. The molecule has 1 fully saturated rings. The minimum absolute atomic E-state index is 0.0191. The fraction of sp³-hybridized carbons (Fsp3) is 0.333. The molecular weight excluding hydrogens is 390 g/mol. The monoisotopic (exact) mass is 417 g/mol. The average molecular weight is 418 g/mol. The molecule has 3 heterocycles. The first kappa shape index (κ1) is 20.8. The van der Waals surface area contributed by atoms with E-state index in [0.29, 0.717) is 32.4 Å². The molecule has 2 aromatic heterocycles. The largest absolute Gasteiger partial charge is 0.356 e. The Kier molecular flexibility index (Phi) is 6.40. The van der Waals surface area contributed by atoms with E-state index in [2.05, 4.69) is 27.5 Å². The van der Waals surface area contributed by atoms with Crippen molar-refractivity contribution in [2.45, 2.75) is 31.8 Å². The first-order valence-electron chi connectivity index (χ1n) is 10.6. The summed E-state index contributed by atoms with van der Waals surface area (Å²) in [6.07, 6.45) is 6.97. The normalized spacial score (nSPS) is 18.4. The van der Waals surface area contributed by atoms with E-state index in [1.165, 1.54) is 5.56 Å². The standard InChI is InChI=1S/C24H27N5O2/c1-28-23(31)13-19(14-26-22(30)11-10-21-9-5-6-12-25-21)24(28)20-15-27-29(17-20)16-18-7-3-2-4-8-18/h2-9,12,15,17,19,24H,10-11,13-14,16H2,1H3,(H,26,30)/t19-,24+/m0/s1. The predicted molar refractivity (Wildman–Crippen MR) is 117 cm³/mol. The van der Waals surface area contributed by atoms with E-state index in [0.717, 1.165) is 11.3 Å². The zero-order valence-electron chi connectivity index (χ0n) is 17.6. The second-order valence-electron chi connectivity index (χ2n) is 8.00. The van der Waals surface area contributed by atoms with Gasteiger partial charge in [-0.05, 0) is 24.1 Å². The van der Waals surface area contributed by atoms with Gasteiger partial charge >= 0.3 is 0 Å². The molecule has 1 N–H and O–H groups in total. The van der Waals surface area contributed by atoms with Crippen LogP contribution in [-0.2, 0) is 22.6 Å². The molecule has 0 unspecified atom stereocenters. The summed E-state index contributed by atoms with van der Waals surface area (Å²) in [5.74, 6) is 0.0883. The van der Waals surface area contributed by atoms with Gasteiger partial charge in [0.05, 0.1) is 18.8 Å². The van der Waals surface area contributed by atoms with Crippen LogP contribution in [0.5, 0.6) is 0 Å². The molecule has 7 nitrogen and oxygen atoms in total. The van der Waals surface area contributed by atoms with Crippen molar-refractivity contribution < 1.29 is 9.59 Å². The second-order valence-corrected chi connectivity index (χ2v) is 8.00. The van der Waals surface area contributed by atoms with Crippen molar-refractivity contribution in [1.82, 2.24) is 25.0 Å². The topological polar surface area (TPSA) is 80.1 Å². The van der Waals surface area contributed by atoms with Crippen LogP contribution in [0.25, 0.3) is 0 Å². The van der Waals surface area contributed by atoms with Gasteiger partial charge in [-0.3, -0.25) is 19.3 Å². The summed E-state index contributed by atoms with van der Waals surface area (Å²) in [5.41, 5.74) is 3.07. The van der Waals surface area contributed by atoms with E-state index in [1.54, 1.807) is 11.1 Å². The Morgan fingerprint density at radius 3 is 2.74 bits per heavy atom. The molecule has 7 heteroatoms.